The number of carbonyl (C=O) groups is 1. The van der Waals surface area contributed by atoms with Crippen molar-refractivity contribution < 1.29 is 14.1 Å². The maximum Gasteiger partial charge on any atom is 0.335 e. The molecule has 0 bridgehead atoms. The van der Waals surface area contributed by atoms with Gasteiger partial charge in [-0.2, -0.15) is 0 Å². The van der Waals surface area contributed by atoms with Gasteiger partial charge in [-0.1, -0.05) is 18.5 Å². The minimum absolute atomic E-state index is 0.0793. The van der Waals surface area contributed by atoms with E-state index in [-0.39, 0.29) is 16.0 Å². The third-order valence-electron chi connectivity index (χ3n) is 2.46. The Morgan fingerprint density at radius 3 is 2.83 bits per heavy atom. The average molecular weight is 291 g/mol. The van der Waals surface area contributed by atoms with Gasteiger partial charge in [-0.3, -0.25) is 4.21 Å². The highest BCUT2D eigenvalue weighted by Crippen LogP contribution is 2.14. The molecule has 1 aromatic rings. The van der Waals surface area contributed by atoms with Gasteiger partial charge in [0.2, 0.25) is 0 Å². The second kappa shape index (κ2) is 6.70. The van der Waals surface area contributed by atoms with Crippen LogP contribution in [-0.2, 0) is 10.8 Å². The van der Waals surface area contributed by atoms with Crippen molar-refractivity contribution in [3.63, 3.8) is 0 Å². The monoisotopic (exact) mass is 290 g/mol. The first kappa shape index (κ1) is 14.9. The second-order valence-electron chi connectivity index (χ2n) is 3.89. The van der Waals surface area contributed by atoms with Crippen molar-refractivity contribution in [3.05, 3.63) is 22.8 Å². The summed E-state index contributed by atoms with van der Waals surface area (Å²) in [6, 6.07) is 2.71. The summed E-state index contributed by atoms with van der Waals surface area (Å²) in [4.78, 5) is 14.8. The van der Waals surface area contributed by atoms with E-state index >= 15 is 0 Å². The molecule has 0 aliphatic rings. The van der Waals surface area contributed by atoms with Crippen LogP contribution in [0.5, 0.6) is 0 Å². The number of nitrogens with zero attached hydrogens (tertiary/aromatic N) is 1. The molecule has 100 valence electrons. The lowest BCUT2D eigenvalue weighted by molar-refractivity contribution is 0.0697. The molecule has 0 saturated carbocycles. The van der Waals surface area contributed by atoms with E-state index in [1.165, 1.54) is 12.1 Å². The van der Waals surface area contributed by atoms with Crippen LogP contribution in [0.3, 0.4) is 0 Å². The molecular weight excluding hydrogens is 276 g/mol. The van der Waals surface area contributed by atoms with Crippen LogP contribution in [0.1, 0.15) is 23.7 Å². The standard InChI is InChI=1S/C11H15ClN2O3S/c1-7(18(2)17)3-4-13-10-6-8(11(15)16)5-9(12)14-10/h5-7H,3-4H2,1-2H3,(H,13,14)(H,15,16). The van der Waals surface area contributed by atoms with Crippen LogP contribution in [0.15, 0.2) is 12.1 Å². The minimum atomic E-state index is -1.05. The first-order valence-corrected chi connectivity index (χ1v) is 7.37. The van der Waals surface area contributed by atoms with E-state index in [4.69, 9.17) is 16.7 Å². The third-order valence-corrected chi connectivity index (χ3v) is 4.03. The molecule has 2 unspecified atom stereocenters. The summed E-state index contributed by atoms with van der Waals surface area (Å²) in [7, 11) is -0.865. The number of pyridine rings is 1. The van der Waals surface area contributed by atoms with Crippen LogP contribution in [-0.4, -0.2) is 38.3 Å². The SMILES string of the molecule is CC(CCNc1cc(C(=O)O)cc(Cl)n1)S(C)=O. The number of anilines is 1. The van der Waals surface area contributed by atoms with Gasteiger partial charge in [-0.15, -0.1) is 0 Å². The summed E-state index contributed by atoms with van der Waals surface area (Å²) in [5, 5.41) is 12.0. The molecule has 18 heavy (non-hydrogen) atoms. The fourth-order valence-corrected chi connectivity index (χ4v) is 1.94. The Morgan fingerprint density at radius 1 is 1.61 bits per heavy atom. The van der Waals surface area contributed by atoms with Crippen LogP contribution >= 0.6 is 11.6 Å². The third kappa shape index (κ3) is 4.62. The summed E-state index contributed by atoms with van der Waals surface area (Å²) in [5.41, 5.74) is 0.0876. The highest BCUT2D eigenvalue weighted by molar-refractivity contribution is 7.84. The molecule has 0 aliphatic carbocycles. The van der Waals surface area contributed by atoms with Gasteiger partial charge in [0, 0.05) is 28.9 Å². The van der Waals surface area contributed by atoms with E-state index < -0.39 is 16.8 Å². The Hall–Kier alpha value is -1.14. The number of aromatic carboxylic acids is 1. The summed E-state index contributed by atoms with van der Waals surface area (Å²) in [5.74, 6) is -0.639. The Balaban J connectivity index is 2.62. The van der Waals surface area contributed by atoms with E-state index in [2.05, 4.69) is 10.3 Å². The lowest BCUT2D eigenvalue weighted by Gasteiger charge is -2.10. The molecule has 0 fully saturated rings. The molecule has 1 heterocycles. The number of carboxylic acids is 1. The highest BCUT2D eigenvalue weighted by Gasteiger charge is 2.09. The summed E-state index contributed by atoms with van der Waals surface area (Å²) >= 11 is 5.72. The van der Waals surface area contributed by atoms with Crippen molar-refractivity contribution in [2.45, 2.75) is 18.6 Å². The van der Waals surface area contributed by atoms with Crippen molar-refractivity contribution in [1.29, 1.82) is 0 Å². The lowest BCUT2D eigenvalue weighted by Crippen LogP contribution is -2.15. The maximum atomic E-state index is 11.2. The summed E-state index contributed by atoms with van der Waals surface area (Å²) < 4.78 is 11.2. The normalized spacial score (nSPS) is 13.9. The number of aromatic nitrogens is 1. The molecule has 0 aliphatic heterocycles. The van der Waals surface area contributed by atoms with E-state index in [1.54, 1.807) is 6.26 Å². The quantitative estimate of drug-likeness (QED) is 0.784. The van der Waals surface area contributed by atoms with Gasteiger partial charge in [0.15, 0.2) is 0 Å². The Kier molecular flexibility index (Phi) is 5.55. The number of hydrogen-bond acceptors (Lipinski definition) is 4. The van der Waals surface area contributed by atoms with Crippen molar-refractivity contribution in [1.82, 2.24) is 4.98 Å². The summed E-state index contributed by atoms with van der Waals surface area (Å²) in [6.07, 6.45) is 2.37. The number of rotatable bonds is 6. The molecule has 0 aromatic carbocycles. The van der Waals surface area contributed by atoms with Crippen molar-refractivity contribution in [3.8, 4) is 0 Å². The van der Waals surface area contributed by atoms with Crippen LogP contribution in [0.2, 0.25) is 5.15 Å². The van der Waals surface area contributed by atoms with Crippen molar-refractivity contribution in [2.75, 3.05) is 18.1 Å². The van der Waals surface area contributed by atoms with Gasteiger partial charge in [0.05, 0.1) is 5.56 Å². The molecular formula is C11H15ClN2O3S. The van der Waals surface area contributed by atoms with Gasteiger partial charge >= 0.3 is 5.97 Å². The van der Waals surface area contributed by atoms with E-state index in [0.29, 0.717) is 18.8 Å². The van der Waals surface area contributed by atoms with Gasteiger partial charge in [0.25, 0.3) is 0 Å². The first-order chi connectivity index (χ1) is 8.40. The van der Waals surface area contributed by atoms with Crippen LogP contribution in [0, 0.1) is 0 Å². The number of carboxylic acid groups (broad SMARTS) is 1. The molecule has 0 spiro atoms. The molecule has 0 radical (unpaired) electrons. The molecule has 2 atom stereocenters. The zero-order valence-electron chi connectivity index (χ0n) is 10.1. The van der Waals surface area contributed by atoms with Gasteiger partial charge in [-0.05, 0) is 18.6 Å². The Bertz CT molecular complexity index is 468. The minimum Gasteiger partial charge on any atom is -0.478 e. The summed E-state index contributed by atoms with van der Waals surface area (Å²) in [6.45, 7) is 2.46. The largest absolute Gasteiger partial charge is 0.478 e. The van der Waals surface area contributed by atoms with Crippen LogP contribution in [0.25, 0.3) is 0 Å². The molecule has 1 aromatic heterocycles. The van der Waals surface area contributed by atoms with Gasteiger partial charge < -0.3 is 10.4 Å². The van der Waals surface area contributed by atoms with E-state index in [1.807, 2.05) is 6.92 Å². The topological polar surface area (TPSA) is 79.3 Å². The Morgan fingerprint density at radius 2 is 2.28 bits per heavy atom. The van der Waals surface area contributed by atoms with Gasteiger partial charge in [0.1, 0.15) is 11.0 Å². The predicted molar refractivity (Wildman–Crippen MR) is 72.8 cm³/mol. The maximum absolute atomic E-state index is 11.2. The molecule has 1 rings (SSSR count). The van der Waals surface area contributed by atoms with Gasteiger partial charge in [-0.25, -0.2) is 9.78 Å². The molecule has 0 amide bonds. The van der Waals surface area contributed by atoms with E-state index in [9.17, 15) is 9.00 Å². The number of nitrogens with one attached hydrogen (secondary N) is 1. The fraction of sp³-hybridized carbons (Fsp3) is 0.455. The molecule has 7 heteroatoms. The number of hydrogen-bond donors (Lipinski definition) is 2. The molecule has 2 N–H and O–H groups in total. The lowest BCUT2D eigenvalue weighted by atomic mass is 10.2. The number of halogens is 1. The molecule has 5 nitrogen and oxygen atoms in total. The Labute approximate surface area is 113 Å². The predicted octanol–water partition coefficient (Wildman–Crippen LogP) is 2.00. The van der Waals surface area contributed by atoms with Crippen LogP contribution < -0.4 is 5.32 Å². The smallest absolute Gasteiger partial charge is 0.335 e. The van der Waals surface area contributed by atoms with Crippen molar-refractivity contribution >= 4 is 34.2 Å². The van der Waals surface area contributed by atoms with Crippen LogP contribution in [0.4, 0.5) is 5.82 Å². The van der Waals surface area contributed by atoms with Crippen molar-refractivity contribution in [2.24, 2.45) is 0 Å². The first-order valence-electron chi connectivity index (χ1n) is 5.37. The zero-order chi connectivity index (χ0) is 13.7. The van der Waals surface area contributed by atoms with E-state index in [0.717, 1.165) is 0 Å². The molecule has 0 saturated heterocycles. The highest BCUT2D eigenvalue weighted by atomic mass is 35.5. The average Bonchev–Trinajstić information content (AvgIpc) is 2.27. The zero-order valence-corrected chi connectivity index (χ0v) is 11.7. The second-order valence-corrected chi connectivity index (χ2v) is 6.08. The fourth-order valence-electron chi connectivity index (χ4n) is 1.28.